The Balaban J connectivity index is 1.81. The van der Waals surface area contributed by atoms with Crippen molar-refractivity contribution in [3.05, 3.63) is 23.7 Å². The first kappa shape index (κ1) is 13.5. The molecule has 0 spiro atoms. The Morgan fingerprint density at radius 1 is 1.44 bits per heavy atom. The van der Waals surface area contributed by atoms with Crippen LogP contribution >= 0.6 is 11.6 Å². The van der Waals surface area contributed by atoms with Crippen LogP contribution in [-0.4, -0.2) is 17.8 Å². The molecule has 1 aliphatic carbocycles. The lowest BCUT2D eigenvalue weighted by atomic mass is 9.89. The number of hydrogen-bond acceptors (Lipinski definition) is 2. The van der Waals surface area contributed by atoms with Crippen LogP contribution in [0.15, 0.2) is 16.7 Å². The van der Waals surface area contributed by atoms with E-state index in [4.69, 9.17) is 16.0 Å². The molecule has 1 N–H and O–H groups in total. The third kappa shape index (κ3) is 3.29. The summed E-state index contributed by atoms with van der Waals surface area (Å²) < 4.78 is 5.26. The molecule has 0 unspecified atom stereocenters. The summed E-state index contributed by atoms with van der Waals surface area (Å²) in [6.07, 6.45) is 6.67. The van der Waals surface area contributed by atoms with Crippen LogP contribution < -0.4 is 5.32 Å². The normalized spacial score (nSPS) is 23.9. The number of halogens is 1. The van der Waals surface area contributed by atoms with Gasteiger partial charge in [-0.05, 0) is 37.7 Å². The van der Waals surface area contributed by atoms with Crippen LogP contribution in [0.5, 0.6) is 0 Å². The first-order valence-corrected chi connectivity index (χ1v) is 7.13. The number of nitrogens with one attached hydrogen (secondary N) is 1. The molecular formula is C14H20ClNO2. The summed E-state index contributed by atoms with van der Waals surface area (Å²) in [5.74, 6) is 1.31. The molecule has 1 aromatic heterocycles. The van der Waals surface area contributed by atoms with Crippen molar-refractivity contribution in [3.8, 4) is 0 Å². The van der Waals surface area contributed by atoms with Crippen molar-refractivity contribution < 1.29 is 9.21 Å². The average molecular weight is 270 g/mol. The Bertz CT molecular complexity index is 394. The summed E-state index contributed by atoms with van der Waals surface area (Å²) in [5, 5.41) is 3.33. The fourth-order valence-corrected chi connectivity index (χ4v) is 2.73. The second kappa shape index (κ2) is 6.28. The number of alkyl halides is 1. The van der Waals surface area contributed by atoms with Gasteiger partial charge in [0.25, 0.3) is 5.91 Å². The largest absolute Gasteiger partial charge is 0.469 e. The standard InChI is InChI=1S/C14H20ClNO2/c1-2-13-12(7-8-18-13)14(17)16-9-10-3-5-11(15)6-4-10/h7-8,10-11H,2-6,9H2,1H3,(H,16,17). The first-order valence-electron chi connectivity index (χ1n) is 6.69. The second-order valence-electron chi connectivity index (χ2n) is 4.94. The molecule has 1 aromatic rings. The van der Waals surface area contributed by atoms with Gasteiger partial charge in [-0.3, -0.25) is 4.79 Å². The highest BCUT2D eigenvalue weighted by atomic mass is 35.5. The predicted octanol–water partition coefficient (Wildman–Crippen LogP) is 3.37. The van der Waals surface area contributed by atoms with Gasteiger partial charge in [0.05, 0.1) is 11.8 Å². The van der Waals surface area contributed by atoms with Gasteiger partial charge in [-0.2, -0.15) is 0 Å². The molecule has 1 aliphatic rings. The van der Waals surface area contributed by atoms with Crippen molar-refractivity contribution in [2.75, 3.05) is 6.54 Å². The van der Waals surface area contributed by atoms with Crippen LogP contribution in [0, 0.1) is 5.92 Å². The smallest absolute Gasteiger partial charge is 0.254 e. The summed E-state index contributed by atoms with van der Waals surface area (Å²) in [5.41, 5.74) is 0.670. The van der Waals surface area contributed by atoms with Crippen LogP contribution in [-0.2, 0) is 6.42 Å². The molecule has 2 rings (SSSR count). The Hall–Kier alpha value is -0.960. The van der Waals surface area contributed by atoms with Crippen molar-refractivity contribution in [1.29, 1.82) is 0 Å². The van der Waals surface area contributed by atoms with E-state index in [1.165, 1.54) is 0 Å². The van der Waals surface area contributed by atoms with Crippen LogP contribution in [0.2, 0.25) is 0 Å². The number of carbonyl (C=O) groups is 1. The van der Waals surface area contributed by atoms with Gasteiger partial charge >= 0.3 is 0 Å². The van der Waals surface area contributed by atoms with E-state index < -0.39 is 0 Å². The topological polar surface area (TPSA) is 42.2 Å². The summed E-state index contributed by atoms with van der Waals surface area (Å²) in [6.45, 7) is 2.73. The average Bonchev–Trinajstić information content (AvgIpc) is 2.86. The zero-order valence-electron chi connectivity index (χ0n) is 10.7. The lowest BCUT2D eigenvalue weighted by Crippen LogP contribution is -2.31. The second-order valence-corrected chi connectivity index (χ2v) is 5.56. The van der Waals surface area contributed by atoms with Gasteiger partial charge in [0, 0.05) is 18.3 Å². The number of hydrogen-bond donors (Lipinski definition) is 1. The molecule has 0 radical (unpaired) electrons. The van der Waals surface area contributed by atoms with Gasteiger partial charge in [-0.25, -0.2) is 0 Å². The van der Waals surface area contributed by atoms with E-state index in [0.29, 0.717) is 16.9 Å². The monoisotopic (exact) mass is 269 g/mol. The Morgan fingerprint density at radius 3 is 2.83 bits per heavy atom. The lowest BCUT2D eigenvalue weighted by Gasteiger charge is -2.24. The Labute approximate surface area is 113 Å². The summed E-state index contributed by atoms with van der Waals surface area (Å²) in [6, 6.07) is 1.74. The fraction of sp³-hybridized carbons (Fsp3) is 0.643. The zero-order valence-corrected chi connectivity index (χ0v) is 11.5. The maximum atomic E-state index is 12.0. The maximum Gasteiger partial charge on any atom is 0.254 e. The minimum Gasteiger partial charge on any atom is -0.469 e. The van der Waals surface area contributed by atoms with Crippen LogP contribution in [0.1, 0.15) is 48.7 Å². The zero-order chi connectivity index (χ0) is 13.0. The molecule has 0 bridgehead atoms. The lowest BCUT2D eigenvalue weighted by molar-refractivity contribution is 0.0942. The molecular weight excluding hydrogens is 250 g/mol. The predicted molar refractivity (Wildman–Crippen MR) is 72.0 cm³/mol. The van der Waals surface area contributed by atoms with Gasteiger partial charge in [0.15, 0.2) is 0 Å². The van der Waals surface area contributed by atoms with Crippen LogP contribution in [0.25, 0.3) is 0 Å². The number of amides is 1. The van der Waals surface area contributed by atoms with Crippen LogP contribution in [0.4, 0.5) is 0 Å². The molecule has 18 heavy (non-hydrogen) atoms. The van der Waals surface area contributed by atoms with Crippen molar-refractivity contribution in [3.63, 3.8) is 0 Å². The fourth-order valence-electron chi connectivity index (χ4n) is 2.47. The van der Waals surface area contributed by atoms with Gasteiger partial charge in [0.1, 0.15) is 5.76 Å². The highest BCUT2D eigenvalue weighted by Crippen LogP contribution is 2.27. The van der Waals surface area contributed by atoms with Gasteiger partial charge in [0.2, 0.25) is 0 Å². The highest BCUT2D eigenvalue weighted by Gasteiger charge is 2.20. The molecule has 100 valence electrons. The summed E-state index contributed by atoms with van der Waals surface area (Å²) in [4.78, 5) is 12.0. The Kier molecular flexibility index (Phi) is 4.70. The Morgan fingerprint density at radius 2 is 2.17 bits per heavy atom. The van der Waals surface area contributed by atoms with E-state index in [2.05, 4.69) is 5.32 Å². The van der Waals surface area contributed by atoms with Gasteiger partial charge < -0.3 is 9.73 Å². The van der Waals surface area contributed by atoms with E-state index in [-0.39, 0.29) is 5.91 Å². The molecule has 0 aromatic carbocycles. The summed E-state index contributed by atoms with van der Waals surface area (Å²) in [7, 11) is 0. The minimum atomic E-state index is -0.0198. The van der Waals surface area contributed by atoms with E-state index in [9.17, 15) is 4.79 Å². The third-order valence-corrected chi connectivity index (χ3v) is 4.08. The molecule has 0 saturated heterocycles. The highest BCUT2D eigenvalue weighted by molar-refractivity contribution is 6.20. The van der Waals surface area contributed by atoms with E-state index >= 15 is 0 Å². The molecule has 1 amide bonds. The molecule has 1 saturated carbocycles. The SMILES string of the molecule is CCc1occc1C(=O)NCC1CCC(Cl)CC1. The van der Waals surface area contributed by atoms with Crippen molar-refractivity contribution in [2.24, 2.45) is 5.92 Å². The van der Waals surface area contributed by atoms with Gasteiger partial charge in [-0.15, -0.1) is 11.6 Å². The van der Waals surface area contributed by atoms with Crippen LogP contribution in [0.3, 0.4) is 0 Å². The molecule has 3 nitrogen and oxygen atoms in total. The minimum absolute atomic E-state index is 0.0198. The third-order valence-electron chi connectivity index (χ3n) is 3.64. The maximum absolute atomic E-state index is 12.0. The first-order chi connectivity index (χ1) is 8.70. The number of furan rings is 1. The molecule has 0 atom stereocenters. The van der Waals surface area contributed by atoms with Gasteiger partial charge in [-0.1, -0.05) is 6.92 Å². The molecule has 1 fully saturated rings. The molecule has 1 heterocycles. The van der Waals surface area contributed by atoms with E-state index in [1.807, 2.05) is 6.92 Å². The summed E-state index contributed by atoms with van der Waals surface area (Å²) >= 11 is 6.07. The van der Waals surface area contributed by atoms with Crippen molar-refractivity contribution >= 4 is 17.5 Å². The van der Waals surface area contributed by atoms with E-state index in [1.54, 1.807) is 12.3 Å². The van der Waals surface area contributed by atoms with Crippen molar-refractivity contribution in [1.82, 2.24) is 5.32 Å². The van der Waals surface area contributed by atoms with Crippen molar-refractivity contribution in [2.45, 2.75) is 44.4 Å². The quantitative estimate of drug-likeness (QED) is 0.852. The van der Waals surface area contributed by atoms with E-state index in [0.717, 1.165) is 44.4 Å². The number of aryl methyl sites for hydroxylation is 1. The molecule has 0 aliphatic heterocycles. The molecule has 4 heteroatoms. The number of carbonyl (C=O) groups excluding carboxylic acids is 1. The number of rotatable bonds is 4.